The molecule has 0 spiro atoms. The second kappa shape index (κ2) is 6.01. The van der Waals surface area contributed by atoms with Gasteiger partial charge in [0.05, 0.1) is 0 Å². The summed E-state index contributed by atoms with van der Waals surface area (Å²) in [5.41, 5.74) is 0. The van der Waals surface area contributed by atoms with Gasteiger partial charge in [-0.2, -0.15) is 0 Å². The maximum atomic E-state index is 3.71. The van der Waals surface area contributed by atoms with Crippen LogP contribution in [-0.2, 0) is 0 Å². The Hall–Kier alpha value is -0.990. The van der Waals surface area contributed by atoms with E-state index in [4.69, 9.17) is 0 Å². The number of hydrogen-bond donors (Lipinski definition) is 0. The summed E-state index contributed by atoms with van der Waals surface area (Å²) in [5.74, 6) is 0. The lowest BCUT2D eigenvalue weighted by molar-refractivity contribution is 1.45. The van der Waals surface area contributed by atoms with Gasteiger partial charge in [0.25, 0.3) is 0 Å². The molecule has 0 saturated heterocycles. The van der Waals surface area contributed by atoms with E-state index in [0.29, 0.717) is 0 Å². The van der Waals surface area contributed by atoms with Gasteiger partial charge in [-0.15, -0.1) is 0 Å². The van der Waals surface area contributed by atoms with Crippen LogP contribution in [0.25, 0.3) is 0 Å². The van der Waals surface area contributed by atoms with Crippen LogP contribution in [0, 0.1) is 0 Å². The average molecular weight is 111 g/mol. The van der Waals surface area contributed by atoms with Crippen molar-refractivity contribution in [3.63, 3.8) is 0 Å². The Kier molecular flexibility index (Phi) is 5.27. The van der Waals surface area contributed by atoms with Crippen molar-refractivity contribution in [1.82, 2.24) is 0 Å². The van der Waals surface area contributed by atoms with Gasteiger partial charge in [-0.3, -0.25) is 9.98 Å². The third-order valence-electron chi connectivity index (χ3n) is 0.484. The highest BCUT2D eigenvalue weighted by molar-refractivity contribution is 6.17. The predicted octanol–water partition coefficient (Wildman–Crippen LogP) is 0.416. The number of nitrogens with zero attached hydrogens (tertiary/aromatic N) is 3. The maximum absolute atomic E-state index is 3.71. The molecular formula is C5H9N3. The Morgan fingerprint density at radius 1 is 1.00 bits per heavy atom. The Balaban J connectivity index is 3.35. The molecule has 0 aromatic carbocycles. The van der Waals surface area contributed by atoms with Gasteiger partial charge >= 0.3 is 0 Å². The van der Waals surface area contributed by atoms with Crippen molar-refractivity contribution in [3.8, 4) is 0 Å². The molecule has 0 amide bonds. The van der Waals surface area contributed by atoms with Gasteiger partial charge in [-0.25, -0.2) is 4.99 Å². The SMILES string of the molecule is CN=CC=NC=NC. The van der Waals surface area contributed by atoms with Crippen LogP contribution in [0.2, 0.25) is 0 Å². The topological polar surface area (TPSA) is 37.1 Å². The van der Waals surface area contributed by atoms with E-state index in [2.05, 4.69) is 15.0 Å². The molecule has 0 N–H and O–H groups in total. The van der Waals surface area contributed by atoms with E-state index in [1.54, 1.807) is 26.5 Å². The average Bonchev–Trinajstić information content (AvgIpc) is 1.81. The molecule has 0 unspecified atom stereocenters. The Morgan fingerprint density at radius 3 is 2.25 bits per heavy atom. The van der Waals surface area contributed by atoms with Crippen LogP contribution in [0.15, 0.2) is 15.0 Å². The highest BCUT2D eigenvalue weighted by Crippen LogP contribution is 1.55. The molecule has 0 rings (SSSR count). The molecule has 0 atom stereocenters. The molecular weight excluding hydrogens is 102 g/mol. The van der Waals surface area contributed by atoms with Gasteiger partial charge in [0, 0.05) is 26.5 Å². The molecule has 3 nitrogen and oxygen atoms in total. The zero-order valence-corrected chi connectivity index (χ0v) is 5.07. The Bertz CT molecular complexity index is 98.8. The fourth-order valence-electron chi connectivity index (χ4n) is 0.210. The minimum absolute atomic E-state index is 1.46. The van der Waals surface area contributed by atoms with Crippen LogP contribution < -0.4 is 0 Å². The molecule has 0 aromatic heterocycles. The quantitative estimate of drug-likeness (QED) is 0.366. The second-order valence-electron chi connectivity index (χ2n) is 1.08. The van der Waals surface area contributed by atoms with E-state index in [1.165, 1.54) is 6.34 Å². The van der Waals surface area contributed by atoms with Crippen molar-refractivity contribution in [1.29, 1.82) is 0 Å². The van der Waals surface area contributed by atoms with Gasteiger partial charge in [-0.05, 0) is 0 Å². The molecule has 0 radical (unpaired) electrons. The number of hydrogen-bond acceptors (Lipinski definition) is 2. The van der Waals surface area contributed by atoms with Crippen molar-refractivity contribution in [2.24, 2.45) is 15.0 Å². The first-order chi connectivity index (χ1) is 3.91. The van der Waals surface area contributed by atoms with Crippen molar-refractivity contribution >= 4 is 18.8 Å². The highest BCUT2D eigenvalue weighted by Gasteiger charge is 1.56. The van der Waals surface area contributed by atoms with Crippen LogP contribution in [0.3, 0.4) is 0 Å². The smallest absolute Gasteiger partial charge is 0.109 e. The normalized spacial score (nSPS) is 12.8. The highest BCUT2D eigenvalue weighted by atomic mass is 14.8. The molecule has 0 bridgehead atoms. The Morgan fingerprint density at radius 2 is 1.75 bits per heavy atom. The fourth-order valence-corrected chi connectivity index (χ4v) is 0.210. The minimum atomic E-state index is 1.46. The van der Waals surface area contributed by atoms with Crippen LogP contribution in [-0.4, -0.2) is 32.9 Å². The van der Waals surface area contributed by atoms with E-state index >= 15 is 0 Å². The number of aliphatic imine (C=N–C) groups is 3. The maximum Gasteiger partial charge on any atom is 0.109 e. The van der Waals surface area contributed by atoms with Crippen LogP contribution in [0.1, 0.15) is 0 Å². The van der Waals surface area contributed by atoms with Crippen molar-refractivity contribution < 1.29 is 0 Å². The van der Waals surface area contributed by atoms with Crippen LogP contribution in [0.5, 0.6) is 0 Å². The van der Waals surface area contributed by atoms with Gasteiger partial charge in [-0.1, -0.05) is 0 Å². The van der Waals surface area contributed by atoms with E-state index in [1.807, 2.05) is 0 Å². The molecule has 0 aliphatic rings. The van der Waals surface area contributed by atoms with Crippen LogP contribution >= 0.6 is 0 Å². The molecule has 0 aliphatic carbocycles. The zero-order valence-electron chi connectivity index (χ0n) is 5.07. The molecule has 0 fully saturated rings. The largest absolute Gasteiger partial charge is 0.295 e. The summed E-state index contributed by atoms with van der Waals surface area (Å²) < 4.78 is 0. The lowest BCUT2D eigenvalue weighted by atomic mass is 10.8. The summed E-state index contributed by atoms with van der Waals surface area (Å²) >= 11 is 0. The zero-order chi connectivity index (χ0) is 6.24. The van der Waals surface area contributed by atoms with E-state index in [-0.39, 0.29) is 0 Å². The second-order valence-corrected chi connectivity index (χ2v) is 1.08. The lowest BCUT2D eigenvalue weighted by Gasteiger charge is -1.69. The molecule has 0 saturated carbocycles. The molecule has 0 aromatic rings. The lowest BCUT2D eigenvalue weighted by Crippen LogP contribution is -1.73. The molecule has 0 aliphatic heterocycles. The molecule has 3 heteroatoms. The molecule has 0 heterocycles. The predicted molar refractivity (Wildman–Crippen MR) is 37.3 cm³/mol. The van der Waals surface area contributed by atoms with Gasteiger partial charge in [0.1, 0.15) is 6.34 Å². The first-order valence-corrected chi connectivity index (χ1v) is 2.26. The standard InChI is InChI=1S/C5H9N3/c1-6-3-4-8-5-7-2/h3-5H,1-2H3. The van der Waals surface area contributed by atoms with Crippen LogP contribution in [0.4, 0.5) is 0 Å². The monoisotopic (exact) mass is 111 g/mol. The van der Waals surface area contributed by atoms with Gasteiger partial charge in [0.2, 0.25) is 0 Å². The molecule has 8 heavy (non-hydrogen) atoms. The molecule has 44 valence electrons. The van der Waals surface area contributed by atoms with Crippen molar-refractivity contribution in [3.05, 3.63) is 0 Å². The van der Waals surface area contributed by atoms with E-state index < -0.39 is 0 Å². The summed E-state index contributed by atoms with van der Waals surface area (Å²) in [4.78, 5) is 11.0. The summed E-state index contributed by atoms with van der Waals surface area (Å²) in [5, 5.41) is 0. The van der Waals surface area contributed by atoms with Crippen molar-refractivity contribution in [2.75, 3.05) is 14.1 Å². The van der Waals surface area contributed by atoms with E-state index in [0.717, 1.165) is 0 Å². The van der Waals surface area contributed by atoms with Crippen molar-refractivity contribution in [2.45, 2.75) is 0 Å². The third kappa shape index (κ3) is 5.01. The summed E-state index contributed by atoms with van der Waals surface area (Å²) in [6, 6.07) is 0. The van der Waals surface area contributed by atoms with Gasteiger partial charge < -0.3 is 0 Å². The van der Waals surface area contributed by atoms with E-state index in [9.17, 15) is 0 Å². The first-order valence-electron chi connectivity index (χ1n) is 2.26. The Labute approximate surface area is 48.9 Å². The summed E-state index contributed by atoms with van der Waals surface area (Å²) in [7, 11) is 3.36. The summed E-state index contributed by atoms with van der Waals surface area (Å²) in [6.07, 6.45) is 4.64. The first kappa shape index (κ1) is 7.01. The summed E-state index contributed by atoms with van der Waals surface area (Å²) in [6.45, 7) is 0. The fraction of sp³-hybridized carbons (Fsp3) is 0.400. The van der Waals surface area contributed by atoms with Gasteiger partial charge in [0.15, 0.2) is 0 Å². The third-order valence-corrected chi connectivity index (χ3v) is 0.484. The minimum Gasteiger partial charge on any atom is -0.295 e. The number of rotatable bonds is 2.